The van der Waals surface area contributed by atoms with Gasteiger partial charge in [-0.2, -0.15) is 0 Å². The van der Waals surface area contributed by atoms with Crippen LogP contribution in [-0.4, -0.2) is 18.2 Å². The fourth-order valence-electron chi connectivity index (χ4n) is 3.71. The molecule has 1 aromatic heterocycles. The van der Waals surface area contributed by atoms with E-state index in [0.717, 1.165) is 36.6 Å². The lowest BCUT2D eigenvalue weighted by molar-refractivity contribution is 0.259. The van der Waals surface area contributed by atoms with Crippen LogP contribution < -0.4 is 19.8 Å². The minimum absolute atomic E-state index is 0.264. The van der Waals surface area contributed by atoms with Gasteiger partial charge >= 0.3 is 0 Å². The minimum atomic E-state index is -0.264. The zero-order valence-electron chi connectivity index (χ0n) is 20.0. The fraction of sp³-hybridized carbons (Fsp3) is 0.464. The lowest BCUT2D eigenvalue weighted by atomic mass is 10.1. The highest BCUT2D eigenvalue weighted by molar-refractivity contribution is 5.88. The van der Waals surface area contributed by atoms with Gasteiger partial charge in [0.2, 0.25) is 5.75 Å². The molecule has 0 aliphatic carbocycles. The molecule has 178 valence electrons. The van der Waals surface area contributed by atoms with Crippen LogP contribution in [0.4, 0.5) is 0 Å². The zero-order chi connectivity index (χ0) is 23.3. The Hall–Kier alpha value is -2.95. The van der Waals surface area contributed by atoms with E-state index >= 15 is 0 Å². The summed E-state index contributed by atoms with van der Waals surface area (Å²) in [5.41, 5.74) is 1.51. The molecule has 0 amide bonds. The Morgan fingerprint density at radius 1 is 0.727 bits per heavy atom. The van der Waals surface area contributed by atoms with Gasteiger partial charge in [0, 0.05) is 11.5 Å². The van der Waals surface area contributed by atoms with Crippen LogP contribution in [0.5, 0.6) is 17.2 Å². The fourth-order valence-corrected chi connectivity index (χ4v) is 3.71. The normalized spacial score (nSPS) is 11.0. The van der Waals surface area contributed by atoms with Crippen LogP contribution in [0.2, 0.25) is 0 Å². The van der Waals surface area contributed by atoms with Gasteiger partial charge in [-0.15, -0.1) is 0 Å². The first-order chi connectivity index (χ1) is 16.2. The first kappa shape index (κ1) is 24.7. The van der Waals surface area contributed by atoms with E-state index in [4.69, 9.17) is 14.2 Å². The molecule has 0 aliphatic heterocycles. The van der Waals surface area contributed by atoms with E-state index in [2.05, 4.69) is 18.8 Å². The van der Waals surface area contributed by atoms with Gasteiger partial charge in [0.15, 0.2) is 5.75 Å². The molecule has 2 aromatic carbocycles. The molecule has 0 radical (unpaired) electrons. The number of H-pyrrole nitrogens is 1. The molecule has 3 rings (SSSR count). The summed E-state index contributed by atoms with van der Waals surface area (Å²) < 4.78 is 17.9. The van der Waals surface area contributed by atoms with Crippen LogP contribution in [0.1, 0.15) is 70.8 Å². The molecule has 0 atom stereocenters. The van der Waals surface area contributed by atoms with E-state index < -0.39 is 0 Å². The molecule has 5 heteroatoms. The van der Waals surface area contributed by atoms with E-state index in [1.54, 1.807) is 0 Å². The van der Waals surface area contributed by atoms with E-state index in [0.29, 0.717) is 36.8 Å². The number of pyridine rings is 1. The number of fused-ring (bicyclic) bond motifs is 1. The van der Waals surface area contributed by atoms with Gasteiger partial charge in [0.1, 0.15) is 12.4 Å². The summed E-state index contributed by atoms with van der Waals surface area (Å²) in [5.74, 6) is 1.51. The van der Waals surface area contributed by atoms with Gasteiger partial charge in [-0.1, -0.05) is 82.7 Å². The van der Waals surface area contributed by atoms with Crippen molar-refractivity contribution < 1.29 is 14.2 Å². The average Bonchev–Trinajstić information content (AvgIpc) is 2.84. The number of aromatic nitrogens is 1. The number of unbranched alkanes of at least 4 members (excludes halogenated alkanes) is 6. The summed E-state index contributed by atoms with van der Waals surface area (Å²) in [7, 11) is 0. The number of hydrogen-bond acceptors (Lipinski definition) is 4. The van der Waals surface area contributed by atoms with Gasteiger partial charge in [0.05, 0.1) is 18.7 Å². The molecule has 0 fully saturated rings. The first-order valence-corrected chi connectivity index (χ1v) is 12.3. The van der Waals surface area contributed by atoms with Gasteiger partial charge in [-0.05, 0) is 30.5 Å². The molecule has 1 heterocycles. The summed E-state index contributed by atoms with van der Waals surface area (Å²) in [4.78, 5) is 15.8. The van der Waals surface area contributed by atoms with Gasteiger partial charge in [-0.25, -0.2) is 0 Å². The van der Waals surface area contributed by atoms with Gasteiger partial charge < -0.3 is 19.2 Å². The number of benzene rings is 2. The standard InChI is InChI=1S/C28H37NO4/c1-3-5-7-8-9-13-19-32-27-26(31-18-6-4-2)24-17-16-23(20-25(24)29-28(27)30)33-21-22-14-11-10-12-15-22/h10-12,14-17,20H,3-9,13,18-19,21H2,1-2H3,(H,29,30). The molecule has 1 N–H and O–H groups in total. The maximum Gasteiger partial charge on any atom is 0.294 e. The predicted octanol–water partition coefficient (Wildman–Crippen LogP) is 7.03. The van der Waals surface area contributed by atoms with Crippen molar-refractivity contribution in [2.24, 2.45) is 0 Å². The number of aromatic amines is 1. The average molecular weight is 452 g/mol. The summed E-state index contributed by atoms with van der Waals surface area (Å²) >= 11 is 0. The second-order valence-electron chi connectivity index (χ2n) is 8.41. The molecule has 0 aliphatic rings. The second-order valence-corrected chi connectivity index (χ2v) is 8.41. The maximum absolute atomic E-state index is 12.9. The third-order valence-corrected chi connectivity index (χ3v) is 5.63. The molecule has 0 saturated heterocycles. The van der Waals surface area contributed by atoms with Crippen LogP contribution in [-0.2, 0) is 6.61 Å². The van der Waals surface area contributed by atoms with Crippen LogP contribution in [0.15, 0.2) is 53.3 Å². The summed E-state index contributed by atoms with van der Waals surface area (Å²) in [5, 5.41) is 0.829. The van der Waals surface area contributed by atoms with Crippen molar-refractivity contribution in [1.82, 2.24) is 4.98 Å². The molecule has 0 spiro atoms. The van der Waals surface area contributed by atoms with Crippen molar-refractivity contribution in [2.45, 2.75) is 71.8 Å². The lowest BCUT2D eigenvalue weighted by Gasteiger charge is -2.15. The highest BCUT2D eigenvalue weighted by Gasteiger charge is 2.16. The molecular weight excluding hydrogens is 414 g/mol. The molecule has 0 bridgehead atoms. The summed E-state index contributed by atoms with van der Waals surface area (Å²) in [6, 6.07) is 15.7. The predicted molar refractivity (Wildman–Crippen MR) is 135 cm³/mol. The minimum Gasteiger partial charge on any atom is -0.489 e. The smallest absolute Gasteiger partial charge is 0.294 e. The largest absolute Gasteiger partial charge is 0.489 e. The lowest BCUT2D eigenvalue weighted by Crippen LogP contribution is -2.15. The highest BCUT2D eigenvalue weighted by atomic mass is 16.5. The first-order valence-electron chi connectivity index (χ1n) is 12.3. The van der Waals surface area contributed by atoms with Crippen LogP contribution in [0, 0.1) is 0 Å². The molecule has 33 heavy (non-hydrogen) atoms. The summed E-state index contributed by atoms with van der Waals surface area (Å²) in [6.45, 7) is 5.87. The third kappa shape index (κ3) is 7.55. The Balaban J connectivity index is 1.74. The van der Waals surface area contributed by atoms with E-state index in [-0.39, 0.29) is 11.3 Å². The number of ether oxygens (including phenoxy) is 3. The molecular formula is C28H37NO4. The van der Waals surface area contributed by atoms with E-state index in [1.807, 2.05) is 48.5 Å². The van der Waals surface area contributed by atoms with E-state index in [9.17, 15) is 4.79 Å². The van der Waals surface area contributed by atoms with Crippen molar-refractivity contribution in [3.05, 3.63) is 64.4 Å². The monoisotopic (exact) mass is 451 g/mol. The Labute approximate surface area is 197 Å². The molecule has 0 unspecified atom stereocenters. The SMILES string of the molecule is CCCCCCCCOc1c(OCCCC)c2ccc(OCc3ccccc3)cc2[nH]c1=O. The number of nitrogens with one attached hydrogen (secondary N) is 1. The number of hydrogen-bond donors (Lipinski definition) is 1. The Morgan fingerprint density at radius 2 is 1.42 bits per heavy atom. The van der Waals surface area contributed by atoms with Crippen molar-refractivity contribution >= 4 is 10.9 Å². The topological polar surface area (TPSA) is 60.6 Å². The zero-order valence-corrected chi connectivity index (χ0v) is 20.0. The van der Waals surface area contributed by atoms with Crippen molar-refractivity contribution in [3.63, 3.8) is 0 Å². The van der Waals surface area contributed by atoms with Crippen molar-refractivity contribution in [2.75, 3.05) is 13.2 Å². The Bertz CT molecular complexity index is 1030. The van der Waals surface area contributed by atoms with Crippen LogP contribution in [0.3, 0.4) is 0 Å². The number of rotatable bonds is 15. The maximum atomic E-state index is 12.9. The van der Waals surface area contributed by atoms with E-state index in [1.165, 1.54) is 25.7 Å². The highest BCUT2D eigenvalue weighted by Crippen LogP contribution is 2.34. The van der Waals surface area contributed by atoms with Gasteiger partial charge in [-0.3, -0.25) is 4.79 Å². The Morgan fingerprint density at radius 3 is 2.21 bits per heavy atom. The molecule has 5 nitrogen and oxygen atoms in total. The molecule has 3 aromatic rings. The molecule has 0 saturated carbocycles. The summed E-state index contributed by atoms with van der Waals surface area (Å²) in [6.07, 6.45) is 8.96. The second kappa shape index (κ2) is 13.6. The van der Waals surface area contributed by atoms with Crippen molar-refractivity contribution in [3.8, 4) is 17.2 Å². The Kier molecular flexibility index (Phi) is 10.1. The van der Waals surface area contributed by atoms with Crippen molar-refractivity contribution in [1.29, 1.82) is 0 Å². The van der Waals surface area contributed by atoms with Gasteiger partial charge in [0.25, 0.3) is 5.56 Å². The van der Waals surface area contributed by atoms with Crippen LogP contribution in [0.25, 0.3) is 10.9 Å². The third-order valence-electron chi connectivity index (χ3n) is 5.63. The quantitative estimate of drug-likeness (QED) is 0.252. The van der Waals surface area contributed by atoms with Crippen LogP contribution >= 0.6 is 0 Å².